The van der Waals surface area contributed by atoms with E-state index in [9.17, 15) is 18.5 Å². The number of nitro groups is 1. The van der Waals surface area contributed by atoms with Crippen LogP contribution in [0.3, 0.4) is 0 Å². The molecule has 1 N–H and O–H groups in total. The molecule has 2 rings (SSSR count). The first kappa shape index (κ1) is 16.2. The molecule has 0 aliphatic carbocycles. The van der Waals surface area contributed by atoms with Gasteiger partial charge in [0.2, 0.25) is 10.0 Å². The number of nitrogens with zero attached hydrogens (tertiary/aromatic N) is 3. The maximum absolute atomic E-state index is 11.5. The lowest BCUT2D eigenvalue weighted by molar-refractivity contribution is -0.384. The van der Waals surface area contributed by atoms with Crippen LogP contribution in [0.5, 0.6) is 0 Å². The molecule has 1 heterocycles. The van der Waals surface area contributed by atoms with Gasteiger partial charge in [-0.05, 0) is 18.9 Å². The van der Waals surface area contributed by atoms with Gasteiger partial charge in [0.25, 0.3) is 5.69 Å². The quantitative estimate of drug-likeness (QED) is 0.659. The van der Waals surface area contributed by atoms with Crippen molar-refractivity contribution in [2.75, 3.05) is 24.7 Å². The molecule has 1 aromatic carbocycles. The second kappa shape index (κ2) is 6.29. The molecule has 0 unspecified atom stereocenters. The van der Waals surface area contributed by atoms with Gasteiger partial charge in [-0.15, -0.1) is 0 Å². The Morgan fingerprint density at radius 2 is 2.05 bits per heavy atom. The van der Waals surface area contributed by atoms with Gasteiger partial charge < -0.3 is 5.32 Å². The van der Waals surface area contributed by atoms with E-state index in [0.29, 0.717) is 31.6 Å². The molecule has 1 saturated heterocycles. The summed E-state index contributed by atoms with van der Waals surface area (Å²) in [6.45, 7) is 0.844. The summed E-state index contributed by atoms with van der Waals surface area (Å²) < 4.78 is 24.3. The Morgan fingerprint density at radius 1 is 1.41 bits per heavy atom. The highest BCUT2D eigenvalue weighted by molar-refractivity contribution is 7.88. The fourth-order valence-electron chi connectivity index (χ4n) is 2.42. The van der Waals surface area contributed by atoms with E-state index in [0.717, 1.165) is 0 Å². The Hall–Kier alpha value is -2.18. The van der Waals surface area contributed by atoms with Crippen molar-refractivity contribution >= 4 is 21.4 Å². The Balaban J connectivity index is 2.07. The molecule has 0 radical (unpaired) electrons. The van der Waals surface area contributed by atoms with Crippen LogP contribution in [0, 0.1) is 21.4 Å². The smallest absolute Gasteiger partial charge is 0.270 e. The van der Waals surface area contributed by atoms with E-state index in [4.69, 9.17) is 5.26 Å². The molecule has 0 atom stereocenters. The van der Waals surface area contributed by atoms with Crippen molar-refractivity contribution in [1.29, 1.82) is 5.26 Å². The van der Waals surface area contributed by atoms with E-state index in [1.807, 2.05) is 6.07 Å². The van der Waals surface area contributed by atoms with E-state index in [1.165, 1.54) is 28.8 Å². The fourth-order valence-corrected chi connectivity index (χ4v) is 3.29. The van der Waals surface area contributed by atoms with Gasteiger partial charge in [-0.1, -0.05) is 0 Å². The summed E-state index contributed by atoms with van der Waals surface area (Å²) in [5, 5.41) is 23.0. The van der Waals surface area contributed by atoms with Crippen LogP contribution in [0.2, 0.25) is 0 Å². The minimum atomic E-state index is -3.17. The molecule has 0 aromatic heterocycles. The van der Waals surface area contributed by atoms with Crippen molar-refractivity contribution < 1.29 is 13.3 Å². The van der Waals surface area contributed by atoms with Crippen LogP contribution < -0.4 is 5.32 Å². The van der Waals surface area contributed by atoms with Gasteiger partial charge in [0, 0.05) is 31.3 Å². The number of non-ortho nitro benzene ring substituents is 1. The SMILES string of the molecule is CS(=O)(=O)N1CCC(Nc2ccc([N+](=O)[O-])cc2C#N)CC1. The molecule has 8 nitrogen and oxygen atoms in total. The van der Waals surface area contributed by atoms with Crippen molar-refractivity contribution in [1.82, 2.24) is 4.31 Å². The molecule has 22 heavy (non-hydrogen) atoms. The summed E-state index contributed by atoms with van der Waals surface area (Å²) in [4.78, 5) is 10.2. The Labute approximate surface area is 128 Å². The first-order chi connectivity index (χ1) is 10.3. The number of hydrogen-bond donors (Lipinski definition) is 1. The third-order valence-electron chi connectivity index (χ3n) is 3.62. The summed E-state index contributed by atoms with van der Waals surface area (Å²) in [6.07, 6.45) is 2.43. The van der Waals surface area contributed by atoms with Gasteiger partial charge in [-0.3, -0.25) is 10.1 Å². The average molecular weight is 324 g/mol. The number of benzene rings is 1. The van der Waals surface area contributed by atoms with Gasteiger partial charge in [-0.2, -0.15) is 5.26 Å². The molecule has 1 aromatic rings. The first-order valence-electron chi connectivity index (χ1n) is 6.71. The normalized spacial score (nSPS) is 16.9. The number of nitrogens with one attached hydrogen (secondary N) is 1. The second-order valence-corrected chi connectivity index (χ2v) is 7.16. The lowest BCUT2D eigenvalue weighted by Gasteiger charge is -2.31. The van der Waals surface area contributed by atoms with Gasteiger partial charge in [0.05, 0.1) is 22.4 Å². The number of rotatable bonds is 4. The van der Waals surface area contributed by atoms with Crippen molar-refractivity contribution in [3.05, 3.63) is 33.9 Å². The van der Waals surface area contributed by atoms with Crippen LogP contribution in [0.15, 0.2) is 18.2 Å². The standard InChI is InChI=1S/C13H16N4O4S/c1-22(20,21)16-6-4-11(5-7-16)15-13-3-2-12(17(18)19)8-10(13)9-14/h2-3,8,11,15H,4-7H2,1H3. The Kier molecular flexibility index (Phi) is 4.63. The van der Waals surface area contributed by atoms with Crippen LogP contribution in [-0.2, 0) is 10.0 Å². The zero-order valence-corrected chi connectivity index (χ0v) is 12.8. The third-order valence-corrected chi connectivity index (χ3v) is 4.92. The van der Waals surface area contributed by atoms with Crippen molar-refractivity contribution in [2.45, 2.75) is 18.9 Å². The van der Waals surface area contributed by atoms with Gasteiger partial charge in [0.15, 0.2) is 0 Å². The summed E-state index contributed by atoms with van der Waals surface area (Å²) in [5.74, 6) is 0. The maximum atomic E-state index is 11.5. The lowest BCUT2D eigenvalue weighted by Crippen LogP contribution is -2.41. The third kappa shape index (κ3) is 3.72. The number of nitriles is 1. The number of nitro benzene ring substituents is 1. The molecule has 0 saturated carbocycles. The molecule has 1 aliphatic rings. The largest absolute Gasteiger partial charge is 0.381 e. The fraction of sp³-hybridized carbons (Fsp3) is 0.462. The summed E-state index contributed by atoms with van der Waals surface area (Å²) in [7, 11) is -3.17. The number of sulfonamides is 1. The molecule has 0 bridgehead atoms. The van der Waals surface area contributed by atoms with E-state index in [2.05, 4.69) is 5.32 Å². The van der Waals surface area contributed by atoms with Gasteiger partial charge in [-0.25, -0.2) is 12.7 Å². The second-order valence-electron chi connectivity index (χ2n) is 5.18. The van der Waals surface area contributed by atoms with Crippen LogP contribution >= 0.6 is 0 Å². The molecule has 0 spiro atoms. The van der Waals surface area contributed by atoms with E-state index in [1.54, 1.807) is 0 Å². The first-order valence-corrected chi connectivity index (χ1v) is 8.56. The summed E-state index contributed by atoms with van der Waals surface area (Å²) >= 11 is 0. The van der Waals surface area contributed by atoms with Crippen LogP contribution in [0.1, 0.15) is 18.4 Å². The summed E-state index contributed by atoms with van der Waals surface area (Å²) in [5.41, 5.74) is 0.611. The van der Waals surface area contributed by atoms with E-state index in [-0.39, 0.29) is 17.3 Å². The van der Waals surface area contributed by atoms with Crippen molar-refractivity contribution in [3.8, 4) is 6.07 Å². The van der Waals surface area contributed by atoms with Crippen LogP contribution in [-0.4, -0.2) is 43.0 Å². The Bertz CT molecular complexity index is 718. The predicted molar refractivity (Wildman–Crippen MR) is 80.9 cm³/mol. The monoisotopic (exact) mass is 324 g/mol. The van der Waals surface area contributed by atoms with Crippen molar-refractivity contribution in [2.24, 2.45) is 0 Å². The molecule has 1 fully saturated rings. The highest BCUT2D eigenvalue weighted by Gasteiger charge is 2.25. The zero-order chi connectivity index (χ0) is 16.3. The molecular weight excluding hydrogens is 308 g/mol. The zero-order valence-electron chi connectivity index (χ0n) is 12.0. The topological polar surface area (TPSA) is 116 Å². The molecular formula is C13H16N4O4S. The Morgan fingerprint density at radius 3 is 2.55 bits per heavy atom. The average Bonchev–Trinajstić information content (AvgIpc) is 2.47. The molecule has 1 aliphatic heterocycles. The number of hydrogen-bond acceptors (Lipinski definition) is 6. The molecule has 118 valence electrons. The minimum Gasteiger partial charge on any atom is -0.381 e. The number of anilines is 1. The van der Waals surface area contributed by atoms with Crippen LogP contribution in [0.25, 0.3) is 0 Å². The maximum Gasteiger partial charge on any atom is 0.270 e. The van der Waals surface area contributed by atoms with E-state index < -0.39 is 14.9 Å². The van der Waals surface area contributed by atoms with E-state index >= 15 is 0 Å². The van der Waals surface area contributed by atoms with Gasteiger partial charge in [0.1, 0.15) is 6.07 Å². The molecule has 0 amide bonds. The van der Waals surface area contributed by atoms with Crippen LogP contribution in [0.4, 0.5) is 11.4 Å². The lowest BCUT2D eigenvalue weighted by atomic mass is 10.1. The number of piperidine rings is 1. The summed E-state index contributed by atoms with van der Waals surface area (Å²) in [6, 6.07) is 6.06. The van der Waals surface area contributed by atoms with Gasteiger partial charge >= 0.3 is 0 Å². The van der Waals surface area contributed by atoms with Crippen molar-refractivity contribution in [3.63, 3.8) is 0 Å². The highest BCUT2D eigenvalue weighted by Crippen LogP contribution is 2.24. The molecule has 9 heteroatoms. The highest BCUT2D eigenvalue weighted by atomic mass is 32.2. The predicted octanol–water partition coefficient (Wildman–Crippen LogP) is 1.30. The minimum absolute atomic E-state index is 0.0338.